The van der Waals surface area contributed by atoms with Crippen LogP contribution in [-0.4, -0.2) is 36.0 Å². The Balaban J connectivity index is 1.38. The Labute approximate surface area is 114 Å². The van der Waals surface area contributed by atoms with E-state index < -0.39 is 0 Å². The van der Waals surface area contributed by atoms with E-state index in [9.17, 15) is 4.79 Å². The molecule has 2 N–H and O–H groups in total. The fourth-order valence-corrected chi connectivity index (χ4v) is 4.96. The first-order chi connectivity index (χ1) is 8.79. The van der Waals surface area contributed by atoms with Crippen LogP contribution in [0.25, 0.3) is 0 Å². The summed E-state index contributed by atoms with van der Waals surface area (Å²) in [7, 11) is 0. The standard InChI is InChI=1S/C14H24N2OS/c17-14(15-8-10-3-4-18-9-10)7-11-5-12-1-2-13(6-11)16-12/h10-13,16H,1-9H2,(H,15,17). The maximum atomic E-state index is 12.0. The van der Waals surface area contributed by atoms with E-state index in [4.69, 9.17) is 0 Å². The van der Waals surface area contributed by atoms with Crippen molar-refractivity contribution < 1.29 is 4.79 Å². The maximum absolute atomic E-state index is 12.0. The van der Waals surface area contributed by atoms with Gasteiger partial charge in [0.05, 0.1) is 0 Å². The van der Waals surface area contributed by atoms with Crippen LogP contribution in [0.4, 0.5) is 0 Å². The molecule has 3 atom stereocenters. The molecule has 3 nitrogen and oxygen atoms in total. The van der Waals surface area contributed by atoms with E-state index in [0.717, 1.165) is 18.9 Å². The molecule has 0 aliphatic carbocycles. The largest absolute Gasteiger partial charge is 0.356 e. The van der Waals surface area contributed by atoms with Gasteiger partial charge in [-0.3, -0.25) is 4.79 Å². The number of thioether (sulfide) groups is 1. The van der Waals surface area contributed by atoms with E-state index in [1.807, 2.05) is 11.8 Å². The van der Waals surface area contributed by atoms with E-state index in [1.54, 1.807) is 0 Å². The third-order valence-corrected chi connectivity index (χ3v) is 5.89. The minimum absolute atomic E-state index is 0.290. The molecule has 3 unspecified atom stereocenters. The molecule has 102 valence electrons. The summed E-state index contributed by atoms with van der Waals surface area (Å²) in [4.78, 5) is 12.0. The fourth-order valence-electron chi connectivity index (χ4n) is 3.68. The van der Waals surface area contributed by atoms with Crippen molar-refractivity contribution >= 4 is 17.7 Å². The highest BCUT2D eigenvalue weighted by Gasteiger charge is 2.34. The van der Waals surface area contributed by atoms with Crippen LogP contribution in [0.5, 0.6) is 0 Å². The Bertz CT molecular complexity index is 292. The van der Waals surface area contributed by atoms with Gasteiger partial charge in [0.15, 0.2) is 0 Å². The lowest BCUT2D eigenvalue weighted by Gasteiger charge is -2.28. The predicted molar refractivity (Wildman–Crippen MR) is 75.7 cm³/mol. The van der Waals surface area contributed by atoms with Crippen molar-refractivity contribution in [3.63, 3.8) is 0 Å². The summed E-state index contributed by atoms with van der Waals surface area (Å²) in [5.74, 6) is 4.15. The predicted octanol–water partition coefficient (Wildman–Crippen LogP) is 1.78. The van der Waals surface area contributed by atoms with Gasteiger partial charge in [0.1, 0.15) is 0 Å². The topological polar surface area (TPSA) is 41.1 Å². The van der Waals surface area contributed by atoms with E-state index in [-0.39, 0.29) is 0 Å². The second kappa shape index (κ2) is 5.83. The van der Waals surface area contributed by atoms with Gasteiger partial charge in [-0.15, -0.1) is 0 Å². The van der Waals surface area contributed by atoms with Crippen molar-refractivity contribution in [3.8, 4) is 0 Å². The van der Waals surface area contributed by atoms with Crippen molar-refractivity contribution in [2.75, 3.05) is 18.1 Å². The summed E-state index contributed by atoms with van der Waals surface area (Å²) < 4.78 is 0. The van der Waals surface area contributed by atoms with E-state index in [2.05, 4.69) is 10.6 Å². The lowest BCUT2D eigenvalue weighted by Crippen LogP contribution is -2.40. The molecule has 0 aromatic heterocycles. The Morgan fingerprint density at radius 2 is 1.94 bits per heavy atom. The van der Waals surface area contributed by atoms with Gasteiger partial charge in [-0.25, -0.2) is 0 Å². The van der Waals surface area contributed by atoms with Crippen LogP contribution in [0, 0.1) is 11.8 Å². The van der Waals surface area contributed by atoms with E-state index in [1.165, 1.54) is 43.6 Å². The minimum atomic E-state index is 0.290. The molecule has 0 radical (unpaired) electrons. The molecule has 18 heavy (non-hydrogen) atoms. The SMILES string of the molecule is O=C(CC1CC2CCC(C1)N2)NCC1CCSC1. The van der Waals surface area contributed by atoms with Crippen LogP contribution in [-0.2, 0) is 4.79 Å². The molecule has 3 rings (SSSR count). The summed E-state index contributed by atoms with van der Waals surface area (Å²) in [6, 6.07) is 1.40. The van der Waals surface area contributed by atoms with Crippen molar-refractivity contribution in [1.29, 1.82) is 0 Å². The molecular formula is C14H24N2OS. The number of hydrogen-bond acceptors (Lipinski definition) is 3. The lowest BCUT2D eigenvalue weighted by molar-refractivity contribution is -0.122. The Morgan fingerprint density at radius 1 is 1.17 bits per heavy atom. The van der Waals surface area contributed by atoms with E-state index >= 15 is 0 Å². The molecule has 4 heteroatoms. The van der Waals surface area contributed by atoms with Crippen LogP contribution in [0.3, 0.4) is 0 Å². The van der Waals surface area contributed by atoms with Gasteiger partial charge in [0.2, 0.25) is 5.91 Å². The minimum Gasteiger partial charge on any atom is -0.356 e. The second-order valence-corrected chi connectivity index (χ2v) is 7.36. The zero-order valence-corrected chi connectivity index (χ0v) is 11.8. The van der Waals surface area contributed by atoms with Crippen LogP contribution >= 0.6 is 11.8 Å². The van der Waals surface area contributed by atoms with Gasteiger partial charge < -0.3 is 10.6 Å². The monoisotopic (exact) mass is 268 g/mol. The van der Waals surface area contributed by atoms with Crippen LogP contribution in [0.15, 0.2) is 0 Å². The summed E-state index contributed by atoms with van der Waals surface area (Å²) in [6.07, 6.45) is 7.10. The van der Waals surface area contributed by atoms with Gasteiger partial charge in [-0.2, -0.15) is 11.8 Å². The molecule has 0 aromatic carbocycles. The normalized spacial score (nSPS) is 38.9. The number of hydrogen-bond donors (Lipinski definition) is 2. The van der Waals surface area contributed by atoms with Crippen molar-refractivity contribution in [3.05, 3.63) is 0 Å². The number of nitrogens with one attached hydrogen (secondary N) is 2. The zero-order chi connectivity index (χ0) is 12.4. The fraction of sp³-hybridized carbons (Fsp3) is 0.929. The maximum Gasteiger partial charge on any atom is 0.220 e. The molecule has 1 amide bonds. The quantitative estimate of drug-likeness (QED) is 0.816. The number of piperidine rings is 1. The number of fused-ring (bicyclic) bond motifs is 2. The molecule has 0 aromatic rings. The lowest BCUT2D eigenvalue weighted by atomic mass is 9.89. The summed E-state index contributed by atoms with van der Waals surface area (Å²) in [6.45, 7) is 0.906. The van der Waals surface area contributed by atoms with Crippen LogP contribution < -0.4 is 10.6 Å². The van der Waals surface area contributed by atoms with Gasteiger partial charge in [0.25, 0.3) is 0 Å². The van der Waals surface area contributed by atoms with Crippen molar-refractivity contribution in [2.24, 2.45) is 11.8 Å². The van der Waals surface area contributed by atoms with Crippen molar-refractivity contribution in [1.82, 2.24) is 10.6 Å². The highest BCUT2D eigenvalue weighted by Crippen LogP contribution is 2.32. The van der Waals surface area contributed by atoms with Gasteiger partial charge in [-0.05, 0) is 55.4 Å². The Hall–Kier alpha value is -0.220. The number of rotatable bonds is 4. The molecular weight excluding hydrogens is 244 g/mol. The first-order valence-electron chi connectivity index (χ1n) is 7.40. The first kappa shape index (κ1) is 12.8. The first-order valence-corrected chi connectivity index (χ1v) is 8.55. The van der Waals surface area contributed by atoms with Gasteiger partial charge >= 0.3 is 0 Å². The van der Waals surface area contributed by atoms with Crippen molar-refractivity contribution in [2.45, 2.75) is 50.6 Å². The number of carbonyl (C=O) groups excluding carboxylic acids is 1. The molecule has 3 aliphatic rings. The van der Waals surface area contributed by atoms with Crippen LogP contribution in [0.2, 0.25) is 0 Å². The Kier molecular flexibility index (Phi) is 4.14. The van der Waals surface area contributed by atoms with Crippen LogP contribution in [0.1, 0.15) is 38.5 Å². The highest BCUT2D eigenvalue weighted by atomic mass is 32.2. The molecule has 3 fully saturated rings. The molecule has 3 heterocycles. The van der Waals surface area contributed by atoms with E-state index in [0.29, 0.717) is 23.9 Å². The molecule has 0 saturated carbocycles. The third-order valence-electron chi connectivity index (χ3n) is 4.66. The number of carbonyl (C=O) groups is 1. The molecule has 2 bridgehead atoms. The smallest absolute Gasteiger partial charge is 0.220 e. The van der Waals surface area contributed by atoms with Gasteiger partial charge in [-0.1, -0.05) is 0 Å². The summed E-state index contributed by atoms with van der Waals surface area (Å²) >= 11 is 2.02. The van der Waals surface area contributed by atoms with Gasteiger partial charge in [0, 0.05) is 25.0 Å². The molecule has 3 aliphatic heterocycles. The number of amides is 1. The average Bonchev–Trinajstić information content (AvgIpc) is 2.97. The molecule has 3 saturated heterocycles. The molecule has 0 spiro atoms. The average molecular weight is 268 g/mol. The highest BCUT2D eigenvalue weighted by molar-refractivity contribution is 7.99. The second-order valence-electron chi connectivity index (χ2n) is 6.21. The summed E-state index contributed by atoms with van der Waals surface area (Å²) in [5.41, 5.74) is 0. The Morgan fingerprint density at radius 3 is 2.61 bits per heavy atom. The summed E-state index contributed by atoms with van der Waals surface area (Å²) in [5, 5.41) is 6.79. The zero-order valence-electron chi connectivity index (χ0n) is 11.0. The third kappa shape index (κ3) is 3.21.